The number of amides is 1. The zero-order chi connectivity index (χ0) is 15.1. The number of nitrogens with one attached hydrogen (secondary N) is 1. The van der Waals surface area contributed by atoms with E-state index < -0.39 is 9.75 Å². The first kappa shape index (κ1) is 14.7. The molecule has 1 N–H and O–H groups in total. The minimum atomic E-state index is -0.905. The standard InChI is InChI=1S/C15H17Cl2N3O/c1-14(9-15(14,16)17)13(21)18-7-4-8-20-10-19-11-5-2-3-6-12(11)20/h2-3,5-6,10H,4,7-9H2,1H3,(H,18,21)/t14-/m1/s1. The Kier molecular flexibility index (Phi) is 3.62. The molecule has 2 aromatic rings. The van der Waals surface area contributed by atoms with E-state index in [4.69, 9.17) is 23.2 Å². The molecule has 0 unspecified atom stereocenters. The van der Waals surface area contributed by atoms with Crippen LogP contribution < -0.4 is 5.32 Å². The normalized spacial score (nSPS) is 23.2. The Bertz CT molecular complexity index is 682. The average Bonchev–Trinajstić information content (AvgIpc) is 2.82. The van der Waals surface area contributed by atoms with E-state index >= 15 is 0 Å². The monoisotopic (exact) mass is 325 g/mol. The highest BCUT2D eigenvalue weighted by molar-refractivity contribution is 6.53. The van der Waals surface area contributed by atoms with E-state index in [-0.39, 0.29) is 5.91 Å². The molecule has 112 valence electrons. The molecule has 4 nitrogen and oxygen atoms in total. The van der Waals surface area contributed by atoms with Gasteiger partial charge in [0.15, 0.2) is 0 Å². The van der Waals surface area contributed by atoms with Crippen molar-refractivity contribution in [2.24, 2.45) is 5.41 Å². The third-order valence-electron chi connectivity index (χ3n) is 4.15. The van der Waals surface area contributed by atoms with Crippen LogP contribution in [0.4, 0.5) is 0 Å². The Balaban J connectivity index is 1.50. The van der Waals surface area contributed by atoms with Crippen LogP contribution in [-0.2, 0) is 11.3 Å². The number of aromatic nitrogens is 2. The molecule has 1 aromatic heterocycles. The predicted octanol–water partition coefficient (Wildman–Crippen LogP) is 3.13. The zero-order valence-electron chi connectivity index (χ0n) is 11.8. The van der Waals surface area contributed by atoms with Gasteiger partial charge in [0.2, 0.25) is 5.91 Å². The van der Waals surface area contributed by atoms with Gasteiger partial charge in [0.05, 0.1) is 22.8 Å². The van der Waals surface area contributed by atoms with Crippen LogP contribution in [0.3, 0.4) is 0 Å². The molecule has 0 aliphatic heterocycles. The number of para-hydroxylation sites is 2. The molecule has 21 heavy (non-hydrogen) atoms. The Morgan fingerprint density at radius 1 is 1.43 bits per heavy atom. The number of benzene rings is 1. The Hall–Kier alpha value is -1.26. The third kappa shape index (κ3) is 2.62. The van der Waals surface area contributed by atoms with Crippen molar-refractivity contribution in [3.63, 3.8) is 0 Å². The molecule has 1 heterocycles. The number of hydrogen-bond acceptors (Lipinski definition) is 2. The Morgan fingerprint density at radius 3 is 2.86 bits per heavy atom. The first-order valence-corrected chi connectivity index (χ1v) is 7.76. The summed E-state index contributed by atoms with van der Waals surface area (Å²) in [6.45, 7) is 3.21. The summed E-state index contributed by atoms with van der Waals surface area (Å²) in [5, 5.41) is 2.91. The number of alkyl halides is 2. The van der Waals surface area contributed by atoms with Crippen LogP contribution in [0.2, 0.25) is 0 Å². The fraction of sp³-hybridized carbons (Fsp3) is 0.467. The van der Waals surface area contributed by atoms with Crippen LogP contribution in [0.1, 0.15) is 19.8 Å². The molecule has 1 aromatic carbocycles. The molecule has 6 heteroatoms. The number of carbonyl (C=O) groups is 1. The molecule has 1 amide bonds. The summed E-state index contributed by atoms with van der Waals surface area (Å²) in [5.74, 6) is -0.0667. The van der Waals surface area contributed by atoms with Gasteiger partial charge in [-0.3, -0.25) is 4.79 Å². The number of hydrogen-bond donors (Lipinski definition) is 1. The largest absolute Gasteiger partial charge is 0.355 e. The summed E-state index contributed by atoms with van der Waals surface area (Å²) in [5.41, 5.74) is 1.46. The SMILES string of the molecule is C[C@]1(C(=O)NCCCn2cnc3ccccc32)CC1(Cl)Cl. The lowest BCUT2D eigenvalue weighted by molar-refractivity contribution is -0.125. The Morgan fingerprint density at radius 2 is 2.14 bits per heavy atom. The van der Waals surface area contributed by atoms with Gasteiger partial charge in [0.25, 0.3) is 0 Å². The van der Waals surface area contributed by atoms with E-state index in [1.54, 1.807) is 6.92 Å². The predicted molar refractivity (Wildman–Crippen MR) is 84.5 cm³/mol. The summed E-state index contributed by atoms with van der Waals surface area (Å²) in [6.07, 6.45) is 3.18. The van der Waals surface area contributed by atoms with E-state index in [1.165, 1.54) is 0 Å². The third-order valence-corrected chi connectivity index (χ3v) is 5.25. The molecular formula is C15H17Cl2N3O. The number of halogens is 2. The van der Waals surface area contributed by atoms with Crippen molar-refractivity contribution in [3.8, 4) is 0 Å². The zero-order valence-corrected chi connectivity index (χ0v) is 13.3. The molecule has 0 radical (unpaired) electrons. The number of imidazole rings is 1. The molecule has 1 atom stereocenters. The van der Waals surface area contributed by atoms with Gasteiger partial charge in [0, 0.05) is 13.1 Å². The minimum Gasteiger partial charge on any atom is -0.355 e. The van der Waals surface area contributed by atoms with Gasteiger partial charge in [-0.25, -0.2) is 4.98 Å². The number of carbonyl (C=O) groups excluding carboxylic acids is 1. The van der Waals surface area contributed by atoms with Crippen LogP contribution in [0.5, 0.6) is 0 Å². The van der Waals surface area contributed by atoms with Crippen LogP contribution in [0.15, 0.2) is 30.6 Å². The van der Waals surface area contributed by atoms with Gasteiger partial charge in [-0.05, 0) is 31.9 Å². The minimum absolute atomic E-state index is 0.0667. The summed E-state index contributed by atoms with van der Waals surface area (Å²) in [7, 11) is 0. The van der Waals surface area contributed by atoms with Crippen molar-refractivity contribution in [1.29, 1.82) is 0 Å². The Labute approximate surface area is 133 Å². The van der Waals surface area contributed by atoms with Gasteiger partial charge in [-0.15, -0.1) is 23.2 Å². The van der Waals surface area contributed by atoms with E-state index in [0.29, 0.717) is 13.0 Å². The lowest BCUT2D eigenvalue weighted by Crippen LogP contribution is -2.34. The second-order valence-corrected chi connectivity index (χ2v) is 7.23. The number of rotatable bonds is 5. The molecule has 1 saturated carbocycles. The number of aryl methyl sites for hydroxylation is 1. The molecule has 1 fully saturated rings. The maximum Gasteiger partial charge on any atom is 0.229 e. The average molecular weight is 326 g/mol. The van der Waals surface area contributed by atoms with Crippen LogP contribution in [-0.4, -0.2) is 26.3 Å². The number of fused-ring (bicyclic) bond motifs is 1. The summed E-state index contributed by atoms with van der Waals surface area (Å²) in [4.78, 5) is 16.4. The maximum atomic E-state index is 12.0. The highest BCUT2D eigenvalue weighted by Crippen LogP contribution is 2.63. The number of nitrogens with zero attached hydrogens (tertiary/aromatic N) is 2. The van der Waals surface area contributed by atoms with Gasteiger partial charge in [0.1, 0.15) is 4.33 Å². The van der Waals surface area contributed by atoms with E-state index in [1.807, 2.05) is 30.6 Å². The van der Waals surface area contributed by atoms with Crippen LogP contribution >= 0.6 is 23.2 Å². The quantitative estimate of drug-likeness (QED) is 0.678. The van der Waals surface area contributed by atoms with Gasteiger partial charge >= 0.3 is 0 Å². The van der Waals surface area contributed by atoms with Crippen molar-refractivity contribution >= 4 is 40.1 Å². The van der Waals surface area contributed by atoms with Gasteiger partial charge in [-0.1, -0.05) is 12.1 Å². The second-order valence-electron chi connectivity index (χ2n) is 5.75. The molecule has 1 aliphatic carbocycles. The van der Waals surface area contributed by atoms with E-state index in [9.17, 15) is 4.79 Å². The summed E-state index contributed by atoms with van der Waals surface area (Å²) >= 11 is 12.0. The van der Waals surface area contributed by atoms with E-state index in [0.717, 1.165) is 24.0 Å². The first-order chi connectivity index (χ1) is 9.94. The van der Waals surface area contributed by atoms with E-state index in [2.05, 4.69) is 14.9 Å². The molecule has 0 bridgehead atoms. The van der Waals surface area contributed by atoms with Crippen LogP contribution in [0.25, 0.3) is 11.0 Å². The smallest absolute Gasteiger partial charge is 0.229 e. The topological polar surface area (TPSA) is 46.9 Å². The van der Waals surface area contributed by atoms with Crippen molar-refractivity contribution in [1.82, 2.24) is 14.9 Å². The van der Waals surface area contributed by atoms with Crippen molar-refractivity contribution in [2.45, 2.75) is 30.6 Å². The maximum absolute atomic E-state index is 12.0. The van der Waals surface area contributed by atoms with Crippen molar-refractivity contribution in [2.75, 3.05) is 6.54 Å². The highest BCUT2D eigenvalue weighted by atomic mass is 35.5. The molecular weight excluding hydrogens is 309 g/mol. The fourth-order valence-electron chi connectivity index (χ4n) is 2.48. The summed E-state index contributed by atoms with van der Waals surface area (Å²) in [6, 6.07) is 8.00. The van der Waals surface area contributed by atoms with Gasteiger partial charge in [-0.2, -0.15) is 0 Å². The molecule has 0 saturated heterocycles. The fourth-order valence-corrected chi connectivity index (χ4v) is 3.19. The first-order valence-electron chi connectivity index (χ1n) is 7.00. The van der Waals surface area contributed by atoms with Crippen molar-refractivity contribution < 1.29 is 4.79 Å². The van der Waals surface area contributed by atoms with Crippen LogP contribution in [0, 0.1) is 5.41 Å². The lowest BCUT2D eigenvalue weighted by Gasteiger charge is -2.12. The highest BCUT2D eigenvalue weighted by Gasteiger charge is 2.67. The van der Waals surface area contributed by atoms with Crippen molar-refractivity contribution in [3.05, 3.63) is 30.6 Å². The molecule has 1 aliphatic rings. The lowest BCUT2D eigenvalue weighted by atomic mass is 10.1. The second kappa shape index (κ2) is 5.18. The molecule has 3 rings (SSSR count). The molecule has 0 spiro atoms. The van der Waals surface area contributed by atoms with Gasteiger partial charge < -0.3 is 9.88 Å². The summed E-state index contributed by atoms with van der Waals surface area (Å²) < 4.78 is 1.19.